The number of hydrogen-bond acceptors (Lipinski definition) is 2. The van der Waals surface area contributed by atoms with E-state index in [1.807, 2.05) is 11.8 Å². The fourth-order valence-corrected chi connectivity index (χ4v) is 4.02. The van der Waals surface area contributed by atoms with E-state index in [4.69, 9.17) is 0 Å². The molecule has 3 heteroatoms. The molecule has 1 aromatic carbocycles. The summed E-state index contributed by atoms with van der Waals surface area (Å²) in [7, 11) is 0. The van der Waals surface area contributed by atoms with Crippen LogP contribution in [0.5, 0.6) is 0 Å². The van der Waals surface area contributed by atoms with Crippen molar-refractivity contribution in [2.75, 3.05) is 12.8 Å². The number of hydrogen-bond donors (Lipinski definition) is 1. The third-order valence-electron chi connectivity index (χ3n) is 3.96. The molecule has 1 nitrogen and oxygen atoms in total. The molecule has 18 heavy (non-hydrogen) atoms. The van der Waals surface area contributed by atoms with Crippen LogP contribution in [0.15, 0.2) is 22.7 Å². The standard InChI is InChI=1S/C15H22BrNS/c1-12-5-6-13(9-14(12)16)10-17-11-15(18-2)7-3-4-8-15/h5-6,9,17H,3-4,7-8,10-11H2,1-2H3. The number of rotatable bonds is 5. The van der Waals surface area contributed by atoms with Gasteiger partial charge in [0.15, 0.2) is 0 Å². The number of benzene rings is 1. The third-order valence-corrected chi connectivity index (χ3v) is 6.23. The second kappa shape index (κ2) is 6.44. The van der Waals surface area contributed by atoms with E-state index in [0.717, 1.165) is 13.1 Å². The second-order valence-corrected chi connectivity index (χ2v) is 7.41. The van der Waals surface area contributed by atoms with Gasteiger partial charge >= 0.3 is 0 Å². The Morgan fingerprint density at radius 2 is 2.06 bits per heavy atom. The van der Waals surface area contributed by atoms with E-state index in [9.17, 15) is 0 Å². The molecule has 0 aromatic heterocycles. The summed E-state index contributed by atoms with van der Waals surface area (Å²) >= 11 is 5.65. The van der Waals surface area contributed by atoms with Gasteiger partial charge in [-0.15, -0.1) is 0 Å². The summed E-state index contributed by atoms with van der Waals surface area (Å²) in [5.41, 5.74) is 2.66. The highest BCUT2D eigenvalue weighted by Crippen LogP contribution is 2.39. The summed E-state index contributed by atoms with van der Waals surface area (Å²) in [6.07, 6.45) is 7.81. The lowest BCUT2D eigenvalue weighted by Gasteiger charge is -2.27. The van der Waals surface area contributed by atoms with Crippen molar-refractivity contribution in [3.05, 3.63) is 33.8 Å². The lowest BCUT2D eigenvalue weighted by molar-refractivity contribution is 0.533. The zero-order valence-corrected chi connectivity index (χ0v) is 13.7. The van der Waals surface area contributed by atoms with Gasteiger partial charge in [0.2, 0.25) is 0 Å². The van der Waals surface area contributed by atoms with Crippen LogP contribution in [0.25, 0.3) is 0 Å². The van der Waals surface area contributed by atoms with Crippen molar-refractivity contribution >= 4 is 27.7 Å². The minimum atomic E-state index is 0.502. The summed E-state index contributed by atoms with van der Waals surface area (Å²) in [6.45, 7) is 4.24. The van der Waals surface area contributed by atoms with E-state index in [1.165, 1.54) is 41.3 Å². The fourth-order valence-electron chi connectivity index (χ4n) is 2.65. The Balaban J connectivity index is 1.86. The molecule has 1 N–H and O–H groups in total. The van der Waals surface area contributed by atoms with Gasteiger partial charge in [-0.05, 0) is 43.2 Å². The lowest BCUT2D eigenvalue weighted by atomic mass is 10.1. The lowest BCUT2D eigenvalue weighted by Crippen LogP contribution is -2.34. The highest BCUT2D eigenvalue weighted by molar-refractivity contribution is 9.10. The SMILES string of the molecule is CSC1(CNCc2ccc(C)c(Br)c2)CCCC1. The average molecular weight is 328 g/mol. The minimum Gasteiger partial charge on any atom is -0.311 e. The number of aryl methyl sites for hydroxylation is 1. The molecule has 2 rings (SSSR count). The van der Waals surface area contributed by atoms with Crippen molar-refractivity contribution in [2.24, 2.45) is 0 Å². The van der Waals surface area contributed by atoms with E-state index in [2.05, 4.69) is 52.6 Å². The highest BCUT2D eigenvalue weighted by atomic mass is 79.9. The minimum absolute atomic E-state index is 0.502. The van der Waals surface area contributed by atoms with Crippen molar-refractivity contribution in [1.29, 1.82) is 0 Å². The third kappa shape index (κ3) is 3.52. The first kappa shape index (κ1) is 14.4. The van der Waals surface area contributed by atoms with Crippen molar-refractivity contribution in [2.45, 2.75) is 43.9 Å². The van der Waals surface area contributed by atoms with E-state index >= 15 is 0 Å². The number of thioether (sulfide) groups is 1. The molecule has 0 unspecified atom stereocenters. The van der Waals surface area contributed by atoms with E-state index in [-0.39, 0.29) is 0 Å². The van der Waals surface area contributed by atoms with E-state index in [0.29, 0.717) is 4.75 Å². The normalized spacial score (nSPS) is 18.2. The molecule has 0 bridgehead atoms. The Morgan fingerprint density at radius 1 is 1.33 bits per heavy atom. The molecule has 0 radical (unpaired) electrons. The molecule has 1 aliphatic rings. The predicted octanol–water partition coefficient (Wildman–Crippen LogP) is 4.52. The Morgan fingerprint density at radius 3 is 2.67 bits per heavy atom. The van der Waals surface area contributed by atoms with Gasteiger partial charge in [-0.25, -0.2) is 0 Å². The van der Waals surface area contributed by atoms with Crippen LogP contribution in [0.2, 0.25) is 0 Å². The summed E-state index contributed by atoms with van der Waals surface area (Å²) in [5, 5.41) is 3.64. The first-order chi connectivity index (χ1) is 8.65. The predicted molar refractivity (Wildman–Crippen MR) is 85.3 cm³/mol. The van der Waals surface area contributed by atoms with Gasteiger partial charge in [0.25, 0.3) is 0 Å². The molecule has 1 fully saturated rings. The van der Waals surface area contributed by atoms with Crippen molar-refractivity contribution < 1.29 is 0 Å². The number of halogens is 1. The van der Waals surface area contributed by atoms with Gasteiger partial charge in [0, 0.05) is 22.3 Å². The van der Waals surface area contributed by atoms with Crippen LogP contribution in [0.4, 0.5) is 0 Å². The van der Waals surface area contributed by atoms with Crippen molar-refractivity contribution in [3.8, 4) is 0 Å². The zero-order valence-electron chi connectivity index (χ0n) is 11.3. The topological polar surface area (TPSA) is 12.0 Å². The molecule has 0 heterocycles. The van der Waals surface area contributed by atoms with E-state index in [1.54, 1.807) is 0 Å². The van der Waals surface area contributed by atoms with Crippen LogP contribution in [0.1, 0.15) is 36.8 Å². The fraction of sp³-hybridized carbons (Fsp3) is 0.600. The van der Waals surface area contributed by atoms with E-state index < -0.39 is 0 Å². The molecule has 1 saturated carbocycles. The molecule has 100 valence electrons. The van der Waals surface area contributed by atoms with Gasteiger partial charge in [0.1, 0.15) is 0 Å². The Bertz CT molecular complexity index is 399. The van der Waals surface area contributed by atoms with Crippen LogP contribution < -0.4 is 5.32 Å². The maximum Gasteiger partial charge on any atom is 0.0281 e. The quantitative estimate of drug-likeness (QED) is 0.853. The van der Waals surface area contributed by atoms with Gasteiger partial charge in [-0.2, -0.15) is 11.8 Å². The molecule has 0 saturated heterocycles. The first-order valence-electron chi connectivity index (χ1n) is 6.66. The van der Waals surface area contributed by atoms with Crippen molar-refractivity contribution in [1.82, 2.24) is 5.32 Å². The van der Waals surface area contributed by atoms with Gasteiger partial charge in [0.05, 0.1) is 0 Å². The molecule has 0 spiro atoms. The average Bonchev–Trinajstić information content (AvgIpc) is 2.83. The number of nitrogens with one attached hydrogen (secondary N) is 1. The second-order valence-electron chi connectivity index (χ2n) is 5.28. The maximum absolute atomic E-state index is 3.64. The monoisotopic (exact) mass is 327 g/mol. The van der Waals surface area contributed by atoms with Crippen LogP contribution in [-0.2, 0) is 6.54 Å². The smallest absolute Gasteiger partial charge is 0.0281 e. The summed E-state index contributed by atoms with van der Waals surface area (Å²) < 4.78 is 1.71. The van der Waals surface area contributed by atoms with Crippen molar-refractivity contribution in [3.63, 3.8) is 0 Å². The Hall–Kier alpha value is 0.01000. The molecule has 1 aliphatic carbocycles. The zero-order chi connectivity index (χ0) is 13.0. The molecular formula is C15H22BrNS. The summed E-state index contributed by atoms with van der Waals surface area (Å²) in [4.78, 5) is 0. The summed E-state index contributed by atoms with van der Waals surface area (Å²) in [6, 6.07) is 6.62. The van der Waals surface area contributed by atoms with Gasteiger partial charge in [-0.1, -0.05) is 40.9 Å². The first-order valence-corrected chi connectivity index (χ1v) is 8.68. The Kier molecular flexibility index (Phi) is 5.16. The van der Waals surface area contributed by atoms with Crippen LogP contribution in [-0.4, -0.2) is 17.5 Å². The Labute approximate surface area is 123 Å². The molecule has 0 atom stereocenters. The molecule has 1 aromatic rings. The van der Waals surface area contributed by atoms with Crippen LogP contribution in [0, 0.1) is 6.92 Å². The highest BCUT2D eigenvalue weighted by Gasteiger charge is 2.32. The van der Waals surface area contributed by atoms with Gasteiger partial charge < -0.3 is 5.32 Å². The largest absolute Gasteiger partial charge is 0.311 e. The van der Waals surface area contributed by atoms with Crippen LogP contribution >= 0.6 is 27.7 Å². The molecule has 0 aliphatic heterocycles. The molecular weight excluding hydrogens is 306 g/mol. The van der Waals surface area contributed by atoms with Gasteiger partial charge in [-0.3, -0.25) is 0 Å². The maximum atomic E-state index is 3.64. The molecule has 0 amide bonds. The van der Waals surface area contributed by atoms with Crippen LogP contribution in [0.3, 0.4) is 0 Å². The summed E-state index contributed by atoms with van der Waals surface area (Å²) in [5.74, 6) is 0.